The van der Waals surface area contributed by atoms with Gasteiger partial charge < -0.3 is 20.3 Å². The molecule has 78 heavy (non-hydrogen) atoms. The molecule has 462 valence electrons. The Morgan fingerprint density at radius 2 is 0.603 bits per heavy atom. The number of aliphatic hydroxyl groups excluding tert-OH is 2. The summed E-state index contributed by atoms with van der Waals surface area (Å²) in [5.74, 6) is -0.0202. The molecule has 3 N–H and O–H groups in total. The summed E-state index contributed by atoms with van der Waals surface area (Å²) in [7, 11) is 0. The quantitative estimate of drug-likeness (QED) is 0.0320. The van der Waals surface area contributed by atoms with Gasteiger partial charge in [0.2, 0.25) is 5.91 Å². The minimum absolute atomic E-state index is 0.0104. The first kappa shape index (κ1) is 76.3. The first-order chi connectivity index (χ1) is 38.5. The van der Waals surface area contributed by atoms with Crippen molar-refractivity contribution < 1.29 is 24.5 Å². The van der Waals surface area contributed by atoms with Crippen LogP contribution in [-0.4, -0.2) is 47.4 Å². The number of nitrogens with one attached hydrogen (secondary N) is 1. The minimum atomic E-state index is -0.663. The Morgan fingerprint density at radius 3 is 0.910 bits per heavy atom. The molecule has 0 aromatic carbocycles. The second-order valence-corrected chi connectivity index (χ2v) is 24.6. The van der Waals surface area contributed by atoms with Crippen molar-refractivity contribution in [2.75, 3.05) is 13.2 Å². The van der Waals surface area contributed by atoms with Gasteiger partial charge in [0, 0.05) is 12.8 Å². The maximum absolute atomic E-state index is 12.5. The van der Waals surface area contributed by atoms with E-state index in [-0.39, 0.29) is 18.5 Å². The molecule has 0 rings (SSSR count). The van der Waals surface area contributed by atoms with Crippen LogP contribution in [0.15, 0.2) is 24.3 Å². The fraction of sp³-hybridized carbons (Fsp3) is 0.917. The minimum Gasteiger partial charge on any atom is -0.466 e. The normalized spacial score (nSPS) is 12.6. The van der Waals surface area contributed by atoms with Gasteiger partial charge in [-0.25, -0.2) is 0 Å². The van der Waals surface area contributed by atoms with Crippen LogP contribution in [0.4, 0.5) is 0 Å². The van der Waals surface area contributed by atoms with Crippen LogP contribution in [0.3, 0.4) is 0 Å². The number of ether oxygens (including phenoxy) is 1. The fourth-order valence-electron chi connectivity index (χ4n) is 11.3. The number of carbonyl (C=O) groups excluding carboxylic acids is 2. The zero-order valence-electron chi connectivity index (χ0n) is 52.9. The zero-order chi connectivity index (χ0) is 56.4. The van der Waals surface area contributed by atoms with Crippen molar-refractivity contribution >= 4 is 11.9 Å². The SMILES string of the molecule is CCCCCCCCC/C=C\CCCCCCCC(=O)OCCCCCCCCCCCCCC/C=C\CCCCCCCCCCCCCCCCC(=O)NC(CO)C(O)CCCCCCCCCCCCCCCCC. The van der Waals surface area contributed by atoms with Crippen molar-refractivity contribution in [3.05, 3.63) is 24.3 Å². The smallest absolute Gasteiger partial charge is 0.305 e. The van der Waals surface area contributed by atoms with E-state index in [1.54, 1.807) is 0 Å². The summed E-state index contributed by atoms with van der Waals surface area (Å²) >= 11 is 0. The molecular formula is C72H139NO5. The Balaban J connectivity index is 3.35. The lowest BCUT2D eigenvalue weighted by Crippen LogP contribution is -2.45. The summed E-state index contributed by atoms with van der Waals surface area (Å²) in [6.45, 7) is 4.98. The van der Waals surface area contributed by atoms with Crippen LogP contribution in [0.1, 0.15) is 399 Å². The molecule has 0 aliphatic rings. The van der Waals surface area contributed by atoms with Gasteiger partial charge in [-0.1, -0.05) is 334 Å². The molecule has 0 fully saturated rings. The molecule has 6 heteroatoms. The number of unbranched alkanes of at least 4 members (excludes halogenated alkanes) is 52. The van der Waals surface area contributed by atoms with E-state index >= 15 is 0 Å². The zero-order valence-corrected chi connectivity index (χ0v) is 52.9. The second kappa shape index (κ2) is 67.8. The Kier molecular flexibility index (Phi) is 66.4. The van der Waals surface area contributed by atoms with Crippen molar-refractivity contribution in [3.8, 4) is 0 Å². The molecule has 0 radical (unpaired) electrons. The van der Waals surface area contributed by atoms with E-state index in [0.29, 0.717) is 25.9 Å². The third-order valence-electron chi connectivity index (χ3n) is 16.7. The molecule has 0 saturated heterocycles. The average molecular weight is 1100 g/mol. The third-order valence-corrected chi connectivity index (χ3v) is 16.7. The Hall–Kier alpha value is -1.66. The van der Waals surface area contributed by atoms with Gasteiger partial charge in [0.05, 0.1) is 25.4 Å². The van der Waals surface area contributed by atoms with E-state index in [1.807, 2.05) is 0 Å². The van der Waals surface area contributed by atoms with Gasteiger partial charge in [0.1, 0.15) is 0 Å². The molecule has 0 aromatic heterocycles. The van der Waals surface area contributed by atoms with Crippen LogP contribution in [0.25, 0.3) is 0 Å². The van der Waals surface area contributed by atoms with E-state index in [2.05, 4.69) is 43.5 Å². The average Bonchev–Trinajstić information content (AvgIpc) is 3.44. The number of allylic oxidation sites excluding steroid dienone is 4. The molecule has 2 atom stereocenters. The molecule has 0 spiro atoms. The number of hydrogen-bond acceptors (Lipinski definition) is 5. The number of rotatable bonds is 67. The van der Waals surface area contributed by atoms with Crippen molar-refractivity contribution in [3.63, 3.8) is 0 Å². The number of amides is 1. The van der Waals surface area contributed by atoms with Gasteiger partial charge in [0.15, 0.2) is 0 Å². The summed E-state index contributed by atoms with van der Waals surface area (Å²) < 4.78 is 5.50. The molecule has 6 nitrogen and oxygen atoms in total. The summed E-state index contributed by atoms with van der Waals surface area (Å²) in [4.78, 5) is 24.6. The summed E-state index contributed by atoms with van der Waals surface area (Å²) in [5, 5.41) is 23.3. The summed E-state index contributed by atoms with van der Waals surface area (Å²) in [6.07, 6.45) is 85.2. The highest BCUT2D eigenvalue weighted by Crippen LogP contribution is 2.19. The highest BCUT2D eigenvalue weighted by molar-refractivity contribution is 5.76. The van der Waals surface area contributed by atoms with E-state index in [4.69, 9.17) is 4.74 Å². The number of aliphatic hydroxyl groups is 2. The van der Waals surface area contributed by atoms with Gasteiger partial charge in [-0.15, -0.1) is 0 Å². The molecule has 1 amide bonds. The summed E-state index contributed by atoms with van der Waals surface area (Å²) in [5.41, 5.74) is 0. The van der Waals surface area contributed by atoms with Crippen molar-refractivity contribution in [2.24, 2.45) is 0 Å². The molecule has 0 bridgehead atoms. The predicted molar refractivity (Wildman–Crippen MR) is 343 cm³/mol. The van der Waals surface area contributed by atoms with Crippen LogP contribution in [0.5, 0.6) is 0 Å². The van der Waals surface area contributed by atoms with Crippen molar-refractivity contribution in [1.29, 1.82) is 0 Å². The standard InChI is InChI=1S/C72H139NO5/c1-3-5-7-9-11-13-15-17-19-38-42-46-50-54-58-62-66-72(77)78-67-63-59-55-51-47-43-39-35-33-31-29-27-25-23-21-20-22-24-26-28-30-32-34-37-41-45-49-53-57-61-65-71(76)73-69(68-74)70(75)64-60-56-52-48-44-40-36-18-16-14-12-10-8-6-4-2/h19,21,23,38,69-70,74-75H,3-18,20,22,24-37,39-68H2,1-2H3,(H,73,76)/b23-21-,38-19-. The predicted octanol–water partition coefficient (Wildman–Crippen LogP) is 22.9. The Labute approximate surface area is 488 Å². The molecule has 0 aliphatic carbocycles. The van der Waals surface area contributed by atoms with Crippen LogP contribution in [0, 0.1) is 0 Å². The number of carbonyl (C=O) groups is 2. The summed E-state index contributed by atoms with van der Waals surface area (Å²) in [6, 6.07) is -0.540. The number of hydrogen-bond donors (Lipinski definition) is 3. The lowest BCUT2D eigenvalue weighted by molar-refractivity contribution is -0.143. The molecule has 0 saturated carbocycles. The molecule has 0 aliphatic heterocycles. The van der Waals surface area contributed by atoms with Crippen LogP contribution in [-0.2, 0) is 14.3 Å². The van der Waals surface area contributed by atoms with Crippen LogP contribution >= 0.6 is 0 Å². The van der Waals surface area contributed by atoms with Crippen molar-refractivity contribution in [1.82, 2.24) is 5.32 Å². The Morgan fingerprint density at radius 1 is 0.346 bits per heavy atom. The lowest BCUT2D eigenvalue weighted by Gasteiger charge is -2.22. The van der Waals surface area contributed by atoms with Gasteiger partial charge in [-0.2, -0.15) is 0 Å². The highest BCUT2D eigenvalue weighted by atomic mass is 16.5. The second-order valence-electron chi connectivity index (χ2n) is 24.6. The first-order valence-corrected chi connectivity index (χ1v) is 35.6. The molecule has 0 aromatic rings. The van der Waals surface area contributed by atoms with E-state index in [1.165, 1.54) is 321 Å². The van der Waals surface area contributed by atoms with Crippen LogP contribution in [0.2, 0.25) is 0 Å². The maximum atomic E-state index is 12.5. The topological polar surface area (TPSA) is 95.9 Å². The maximum Gasteiger partial charge on any atom is 0.305 e. The van der Waals surface area contributed by atoms with Gasteiger partial charge in [0.25, 0.3) is 0 Å². The van der Waals surface area contributed by atoms with Crippen molar-refractivity contribution in [2.45, 2.75) is 411 Å². The highest BCUT2D eigenvalue weighted by Gasteiger charge is 2.20. The molecule has 0 heterocycles. The largest absolute Gasteiger partial charge is 0.466 e. The third kappa shape index (κ3) is 63.5. The van der Waals surface area contributed by atoms with Gasteiger partial charge in [-0.05, 0) is 77.0 Å². The first-order valence-electron chi connectivity index (χ1n) is 35.6. The van der Waals surface area contributed by atoms with E-state index in [9.17, 15) is 19.8 Å². The molecule has 2 unspecified atom stereocenters. The van der Waals surface area contributed by atoms with Crippen LogP contribution < -0.4 is 5.32 Å². The van der Waals surface area contributed by atoms with Gasteiger partial charge >= 0.3 is 5.97 Å². The number of esters is 1. The lowest BCUT2D eigenvalue weighted by atomic mass is 10.0. The monoisotopic (exact) mass is 1100 g/mol. The fourth-order valence-corrected chi connectivity index (χ4v) is 11.3. The van der Waals surface area contributed by atoms with E-state index in [0.717, 1.165) is 44.9 Å². The van der Waals surface area contributed by atoms with E-state index < -0.39 is 12.1 Å². The molecular weight excluding hydrogens is 959 g/mol. The van der Waals surface area contributed by atoms with Gasteiger partial charge in [-0.3, -0.25) is 9.59 Å². The Bertz CT molecular complexity index is 1220.